The summed E-state index contributed by atoms with van der Waals surface area (Å²) in [4.78, 5) is 20.7. The van der Waals surface area contributed by atoms with E-state index in [0.29, 0.717) is 0 Å². The SMILES string of the molecule is CNC(=O)C(C)OCC(=O)O. The fourth-order valence-corrected chi connectivity index (χ4v) is 0.475. The number of carbonyl (C=O) groups is 2. The Morgan fingerprint density at radius 3 is 2.55 bits per heavy atom. The second-order valence-corrected chi connectivity index (χ2v) is 1.96. The van der Waals surface area contributed by atoms with E-state index >= 15 is 0 Å². The molecule has 0 aromatic heterocycles. The number of carboxylic acid groups (broad SMARTS) is 1. The van der Waals surface area contributed by atoms with Gasteiger partial charge in [-0.1, -0.05) is 0 Å². The van der Waals surface area contributed by atoms with Gasteiger partial charge in [-0.05, 0) is 6.92 Å². The molecule has 1 atom stereocenters. The molecule has 0 bridgehead atoms. The van der Waals surface area contributed by atoms with Crippen molar-refractivity contribution in [2.75, 3.05) is 13.7 Å². The lowest BCUT2D eigenvalue weighted by Gasteiger charge is -2.08. The lowest BCUT2D eigenvalue weighted by atomic mass is 10.4. The Morgan fingerprint density at radius 1 is 1.64 bits per heavy atom. The third-order valence-electron chi connectivity index (χ3n) is 1.07. The molecule has 0 radical (unpaired) electrons. The van der Waals surface area contributed by atoms with Gasteiger partial charge in [0.05, 0.1) is 0 Å². The first-order chi connectivity index (χ1) is 5.07. The Bertz CT molecular complexity index is 157. The molecule has 0 aliphatic rings. The number of carbonyl (C=O) groups excluding carboxylic acids is 1. The first-order valence-corrected chi connectivity index (χ1v) is 3.13. The zero-order valence-corrected chi connectivity index (χ0v) is 6.46. The highest BCUT2D eigenvalue weighted by Crippen LogP contribution is 1.88. The first kappa shape index (κ1) is 9.90. The zero-order valence-electron chi connectivity index (χ0n) is 6.46. The summed E-state index contributed by atoms with van der Waals surface area (Å²) in [5.74, 6) is -1.41. The summed E-state index contributed by atoms with van der Waals surface area (Å²) in [6.45, 7) is 1.04. The molecular formula is C6H11NO4. The van der Waals surface area contributed by atoms with Crippen LogP contribution in [0.1, 0.15) is 6.92 Å². The van der Waals surface area contributed by atoms with Crippen LogP contribution < -0.4 is 5.32 Å². The molecule has 64 valence electrons. The number of ether oxygens (including phenoxy) is 1. The van der Waals surface area contributed by atoms with E-state index in [1.807, 2.05) is 0 Å². The molecule has 0 fully saturated rings. The van der Waals surface area contributed by atoms with Gasteiger partial charge in [-0.15, -0.1) is 0 Å². The fourth-order valence-electron chi connectivity index (χ4n) is 0.475. The van der Waals surface area contributed by atoms with Crippen LogP contribution in [0.3, 0.4) is 0 Å². The number of hydrogen-bond acceptors (Lipinski definition) is 3. The number of carboxylic acids is 1. The normalized spacial score (nSPS) is 12.2. The Balaban J connectivity index is 3.60. The van der Waals surface area contributed by atoms with Crippen molar-refractivity contribution >= 4 is 11.9 Å². The van der Waals surface area contributed by atoms with E-state index in [0.717, 1.165) is 0 Å². The van der Waals surface area contributed by atoms with Crippen LogP contribution in [0.2, 0.25) is 0 Å². The highest BCUT2D eigenvalue weighted by molar-refractivity contribution is 5.80. The monoisotopic (exact) mass is 161 g/mol. The van der Waals surface area contributed by atoms with Crippen molar-refractivity contribution in [3.05, 3.63) is 0 Å². The summed E-state index contributed by atoms with van der Waals surface area (Å²) in [6.07, 6.45) is -0.712. The summed E-state index contributed by atoms with van der Waals surface area (Å²) < 4.78 is 4.64. The van der Waals surface area contributed by atoms with Crippen LogP contribution in [0, 0.1) is 0 Å². The van der Waals surface area contributed by atoms with Crippen molar-refractivity contribution in [1.82, 2.24) is 5.32 Å². The van der Waals surface area contributed by atoms with Crippen LogP contribution in [0.5, 0.6) is 0 Å². The third kappa shape index (κ3) is 4.32. The van der Waals surface area contributed by atoms with Gasteiger partial charge in [0.15, 0.2) is 0 Å². The maximum Gasteiger partial charge on any atom is 0.329 e. The van der Waals surface area contributed by atoms with Gasteiger partial charge in [-0.25, -0.2) is 4.79 Å². The number of rotatable bonds is 4. The van der Waals surface area contributed by atoms with Crippen LogP contribution in [-0.4, -0.2) is 36.7 Å². The number of amides is 1. The molecule has 5 heteroatoms. The second-order valence-electron chi connectivity index (χ2n) is 1.96. The summed E-state index contributed by atoms with van der Waals surface area (Å²) in [7, 11) is 1.46. The molecule has 11 heavy (non-hydrogen) atoms. The van der Waals surface area contributed by atoms with Crippen molar-refractivity contribution in [2.45, 2.75) is 13.0 Å². The average molecular weight is 161 g/mol. The van der Waals surface area contributed by atoms with E-state index in [4.69, 9.17) is 5.11 Å². The summed E-state index contributed by atoms with van der Waals surface area (Å²) in [6, 6.07) is 0. The molecule has 5 nitrogen and oxygen atoms in total. The minimum atomic E-state index is -1.08. The fraction of sp³-hybridized carbons (Fsp3) is 0.667. The summed E-state index contributed by atoms with van der Waals surface area (Å²) >= 11 is 0. The van der Waals surface area contributed by atoms with Gasteiger partial charge in [0, 0.05) is 7.05 Å². The molecule has 0 heterocycles. The smallest absolute Gasteiger partial charge is 0.329 e. The number of aliphatic carboxylic acids is 1. The van der Waals surface area contributed by atoms with Crippen LogP contribution in [-0.2, 0) is 14.3 Å². The molecule has 0 aromatic rings. The predicted octanol–water partition coefficient (Wildman–Crippen LogP) is -0.778. The maximum absolute atomic E-state index is 10.7. The highest BCUT2D eigenvalue weighted by Gasteiger charge is 2.11. The summed E-state index contributed by atoms with van der Waals surface area (Å²) in [5, 5.41) is 10.5. The lowest BCUT2D eigenvalue weighted by molar-refractivity contribution is -0.147. The minimum absolute atomic E-state index is 0.328. The molecule has 2 N–H and O–H groups in total. The van der Waals surface area contributed by atoms with Gasteiger partial charge in [0.25, 0.3) is 0 Å². The van der Waals surface area contributed by atoms with Gasteiger partial charge in [0.1, 0.15) is 12.7 Å². The number of nitrogens with one attached hydrogen (secondary N) is 1. The number of hydrogen-bond donors (Lipinski definition) is 2. The van der Waals surface area contributed by atoms with Gasteiger partial charge < -0.3 is 15.2 Å². The van der Waals surface area contributed by atoms with Crippen LogP contribution in [0.4, 0.5) is 0 Å². The van der Waals surface area contributed by atoms with E-state index in [2.05, 4.69) is 10.1 Å². The van der Waals surface area contributed by atoms with E-state index in [1.165, 1.54) is 14.0 Å². The minimum Gasteiger partial charge on any atom is -0.480 e. The van der Waals surface area contributed by atoms with E-state index < -0.39 is 18.7 Å². The molecule has 0 spiro atoms. The Kier molecular flexibility index (Phi) is 4.21. The van der Waals surface area contributed by atoms with E-state index in [1.54, 1.807) is 0 Å². The largest absolute Gasteiger partial charge is 0.480 e. The molecule has 0 saturated carbocycles. The Morgan fingerprint density at radius 2 is 2.18 bits per heavy atom. The van der Waals surface area contributed by atoms with Crippen LogP contribution in [0.25, 0.3) is 0 Å². The highest BCUT2D eigenvalue weighted by atomic mass is 16.5. The van der Waals surface area contributed by atoms with Crippen molar-refractivity contribution < 1.29 is 19.4 Å². The topological polar surface area (TPSA) is 75.6 Å². The third-order valence-corrected chi connectivity index (χ3v) is 1.07. The zero-order chi connectivity index (χ0) is 8.85. The molecule has 0 aliphatic heterocycles. The maximum atomic E-state index is 10.7. The predicted molar refractivity (Wildman–Crippen MR) is 37.1 cm³/mol. The quantitative estimate of drug-likeness (QED) is 0.567. The van der Waals surface area contributed by atoms with Crippen molar-refractivity contribution in [1.29, 1.82) is 0 Å². The van der Waals surface area contributed by atoms with Gasteiger partial charge in [-0.3, -0.25) is 4.79 Å². The number of likely N-dealkylation sites (N-methyl/N-ethyl adjacent to an activating group) is 1. The standard InChI is InChI=1S/C6H11NO4/c1-4(6(10)7-2)11-3-5(8)9/h4H,3H2,1-2H3,(H,7,10)(H,8,9). The van der Waals surface area contributed by atoms with E-state index in [9.17, 15) is 9.59 Å². The van der Waals surface area contributed by atoms with Crippen LogP contribution >= 0.6 is 0 Å². The van der Waals surface area contributed by atoms with Gasteiger partial charge in [0.2, 0.25) is 5.91 Å². The van der Waals surface area contributed by atoms with Crippen molar-refractivity contribution in [3.8, 4) is 0 Å². The molecule has 1 amide bonds. The molecule has 0 rings (SSSR count). The lowest BCUT2D eigenvalue weighted by Crippen LogP contribution is -2.32. The van der Waals surface area contributed by atoms with Gasteiger partial charge >= 0.3 is 5.97 Å². The molecule has 1 unspecified atom stereocenters. The second kappa shape index (κ2) is 4.68. The molecule has 0 aromatic carbocycles. The van der Waals surface area contributed by atoms with Crippen molar-refractivity contribution in [3.63, 3.8) is 0 Å². The molecule has 0 aliphatic carbocycles. The Hall–Kier alpha value is -1.10. The summed E-state index contributed by atoms with van der Waals surface area (Å²) in [5.41, 5.74) is 0. The van der Waals surface area contributed by atoms with E-state index in [-0.39, 0.29) is 5.91 Å². The first-order valence-electron chi connectivity index (χ1n) is 3.13. The molecular weight excluding hydrogens is 150 g/mol. The Labute approximate surface area is 64.3 Å². The average Bonchev–Trinajstić information content (AvgIpc) is 1.98. The van der Waals surface area contributed by atoms with Gasteiger partial charge in [-0.2, -0.15) is 0 Å². The molecule has 0 saturated heterocycles. The van der Waals surface area contributed by atoms with Crippen LogP contribution in [0.15, 0.2) is 0 Å². The van der Waals surface area contributed by atoms with Crippen molar-refractivity contribution in [2.24, 2.45) is 0 Å².